The molecule has 1 aromatic heterocycles. The molecule has 0 radical (unpaired) electrons. The van der Waals surface area contributed by atoms with Crippen molar-refractivity contribution < 1.29 is 4.74 Å². The second-order valence-corrected chi connectivity index (χ2v) is 6.51. The molecule has 0 saturated heterocycles. The molecule has 0 spiro atoms. The molecule has 1 N–H and O–H groups in total. The number of pyridine rings is 1. The summed E-state index contributed by atoms with van der Waals surface area (Å²) < 4.78 is 5.70. The molecule has 0 amide bonds. The largest absolute Gasteiger partial charge is 0.378 e. The molecule has 0 bridgehead atoms. The third-order valence-corrected chi connectivity index (χ3v) is 5.14. The van der Waals surface area contributed by atoms with Gasteiger partial charge in [0.2, 0.25) is 0 Å². The predicted octanol–water partition coefficient (Wildman–Crippen LogP) is 3.29. The van der Waals surface area contributed by atoms with Crippen LogP contribution in [0.3, 0.4) is 0 Å². The van der Waals surface area contributed by atoms with Crippen LogP contribution < -0.4 is 5.32 Å². The second-order valence-electron chi connectivity index (χ2n) is 6.51. The summed E-state index contributed by atoms with van der Waals surface area (Å²) in [5.74, 6) is 1.44. The maximum absolute atomic E-state index is 5.70. The van der Waals surface area contributed by atoms with E-state index in [-0.39, 0.29) is 0 Å². The third kappa shape index (κ3) is 3.29. The van der Waals surface area contributed by atoms with Crippen LogP contribution >= 0.6 is 0 Å². The Bertz CT molecular complexity index is 456. The van der Waals surface area contributed by atoms with Gasteiger partial charge in [0.1, 0.15) is 0 Å². The Kier molecular flexibility index (Phi) is 4.91. The molecule has 2 unspecified atom stereocenters. The number of nitrogens with zero attached hydrogens (tertiary/aromatic N) is 1. The predicted molar refractivity (Wildman–Crippen MR) is 85.5 cm³/mol. The number of hydrogen-bond acceptors (Lipinski definition) is 3. The Morgan fingerprint density at radius 1 is 1.38 bits per heavy atom. The number of hydrogen-bond donors (Lipinski definition) is 1. The monoisotopic (exact) mass is 288 g/mol. The Labute approximate surface area is 128 Å². The van der Waals surface area contributed by atoms with Crippen LogP contribution in [0.4, 0.5) is 0 Å². The number of nitrogens with one attached hydrogen (secondary N) is 1. The van der Waals surface area contributed by atoms with Crippen LogP contribution in [0.25, 0.3) is 0 Å². The van der Waals surface area contributed by atoms with Gasteiger partial charge < -0.3 is 10.1 Å². The summed E-state index contributed by atoms with van der Waals surface area (Å²) >= 11 is 0. The van der Waals surface area contributed by atoms with Crippen molar-refractivity contribution in [1.29, 1.82) is 0 Å². The molecular weight excluding hydrogens is 260 g/mol. The molecule has 2 aliphatic carbocycles. The molecule has 3 rings (SSSR count). The van der Waals surface area contributed by atoms with Crippen LogP contribution in [-0.2, 0) is 11.2 Å². The Balaban J connectivity index is 1.61. The van der Waals surface area contributed by atoms with Gasteiger partial charge in [-0.3, -0.25) is 4.98 Å². The van der Waals surface area contributed by atoms with Gasteiger partial charge in [-0.15, -0.1) is 0 Å². The van der Waals surface area contributed by atoms with E-state index in [2.05, 4.69) is 36.3 Å². The van der Waals surface area contributed by atoms with E-state index in [1.54, 1.807) is 0 Å². The van der Waals surface area contributed by atoms with Crippen LogP contribution in [0.15, 0.2) is 18.3 Å². The molecule has 1 saturated carbocycles. The molecule has 2 atom stereocenters. The van der Waals surface area contributed by atoms with Crippen LogP contribution in [0, 0.1) is 5.92 Å². The van der Waals surface area contributed by atoms with Crippen molar-refractivity contribution in [3.05, 3.63) is 29.6 Å². The zero-order valence-corrected chi connectivity index (χ0v) is 13.3. The molecule has 1 aromatic rings. The van der Waals surface area contributed by atoms with E-state index < -0.39 is 0 Å². The lowest BCUT2D eigenvalue weighted by molar-refractivity contribution is -0.0297. The van der Waals surface area contributed by atoms with Gasteiger partial charge >= 0.3 is 0 Å². The number of ether oxygens (including phenoxy) is 1. The fourth-order valence-electron chi connectivity index (χ4n) is 4.09. The average molecular weight is 288 g/mol. The first-order valence-corrected chi connectivity index (χ1v) is 8.60. The van der Waals surface area contributed by atoms with Crippen molar-refractivity contribution in [3.63, 3.8) is 0 Å². The lowest BCUT2D eigenvalue weighted by atomic mass is 9.75. The lowest BCUT2D eigenvalue weighted by Crippen LogP contribution is -2.41. The highest BCUT2D eigenvalue weighted by molar-refractivity contribution is 5.30. The maximum atomic E-state index is 5.70. The Morgan fingerprint density at radius 3 is 3.00 bits per heavy atom. The summed E-state index contributed by atoms with van der Waals surface area (Å²) in [5.41, 5.74) is 2.82. The first-order chi connectivity index (χ1) is 10.3. The maximum Gasteiger partial charge on any atom is 0.0580 e. The number of rotatable bonds is 7. The number of aryl methyl sites for hydroxylation is 1. The van der Waals surface area contributed by atoms with Gasteiger partial charge in [0.05, 0.1) is 6.10 Å². The minimum atomic E-state index is 0.524. The summed E-state index contributed by atoms with van der Waals surface area (Å²) in [6, 6.07) is 4.90. The topological polar surface area (TPSA) is 34.1 Å². The number of likely N-dealkylation sites (N-methyl/N-ethyl adjacent to an activating group) is 1. The molecule has 1 heterocycles. The van der Waals surface area contributed by atoms with E-state index in [4.69, 9.17) is 4.74 Å². The summed E-state index contributed by atoms with van der Waals surface area (Å²) in [6.45, 7) is 6.21. The zero-order chi connectivity index (χ0) is 14.7. The SMILES string of the molecule is CCNC(CC1CC(OCC)C1)C1CCc2cccnc21. The summed E-state index contributed by atoms with van der Waals surface area (Å²) in [7, 11) is 0. The molecule has 1 fully saturated rings. The van der Waals surface area contributed by atoms with E-state index >= 15 is 0 Å². The summed E-state index contributed by atoms with van der Waals surface area (Å²) in [6.07, 6.45) is 8.70. The van der Waals surface area contributed by atoms with Gasteiger partial charge in [-0.05, 0) is 63.1 Å². The van der Waals surface area contributed by atoms with Crippen molar-refractivity contribution in [3.8, 4) is 0 Å². The van der Waals surface area contributed by atoms with Crippen molar-refractivity contribution in [2.45, 2.75) is 64.0 Å². The second kappa shape index (κ2) is 6.89. The van der Waals surface area contributed by atoms with Crippen molar-refractivity contribution >= 4 is 0 Å². The number of aromatic nitrogens is 1. The highest BCUT2D eigenvalue weighted by Crippen LogP contribution is 2.40. The fourth-order valence-corrected chi connectivity index (χ4v) is 4.09. The molecule has 2 aliphatic rings. The quantitative estimate of drug-likeness (QED) is 0.836. The summed E-state index contributed by atoms with van der Waals surface area (Å²) in [4.78, 5) is 4.67. The normalized spacial score (nSPS) is 29.0. The zero-order valence-electron chi connectivity index (χ0n) is 13.3. The highest BCUT2D eigenvalue weighted by Gasteiger charge is 2.36. The smallest absolute Gasteiger partial charge is 0.0580 e. The Morgan fingerprint density at radius 2 is 2.24 bits per heavy atom. The standard InChI is InChI=1S/C18H28N2O/c1-3-19-17(12-13-10-15(11-13)21-4-2)16-8-7-14-6-5-9-20-18(14)16/h5-6,9,13,15-17,19H,3-4,7-8,10-12H2,1-2H3. The lowest BCUT2D eigenvalue weighted by Gasteiger charge is -2.38. The first kappa shape index (κ1) is 15.0. The van der Waals surface area contributed by atoms with Crippen molar-refractivity contribution in [1.82, 2.24) is 10.3 Å². The van der Waals surface area contributed by atoms with Crippen LogP contribution in [0.1, 0.15) is 56.7 Å². The molecule has 0 aromatic carbocycles. The van der Waals surface area contributed by atoms with Gasteiger partial charge in [-0.25, -0.2) is 0 Å². The third-order valence-electron chi connectivity index (χ3n) is 5.14. The molecule has 116 valence electrons. The van der Waals surface area contributed by atoms with E-state index in [0.29, 0.717) is 18.1 Å². The molecule has 0 aliphatic heterocycles. The van der Waals surface area contributed by atoms with Crippen LogP contribution in [-0.4, -0.2) is 30.3 Å². The van der Waals surface area contributed by atoms with Crippen LogP contribution in [0.2, 0.25) is 0 Å². The average Bonchev–Trinajstić information content (AvgIpc) is 2.88. The summed E-state index contributed by atoms with van der Waals surface area (Å²) in [5, 5.41) is 3.73. The van der Waals surface area contributed by atoms with E-state index in [9.17, 15) is 0 Å². The van der Waals surface area contributed by atoms with Crippen LogP contribution in [0.5, 0.6) is 0 Å². The highest BCUT2D eigenvalue weighted by atomic mass is 16.5. The van der Waals surface area contributed by atoms with Crippen molar-refractivity contribution in [2.24, 2.45) is 5.92 Å². The Hall–Kier alpha value is -0.930. The van der Waals surface area contributed by atoms with Gasteiger partial charge in [0.25, 0.3) is 0 Å². The minimum absolute atomic E-state index is 0.524. The molecule has 3 nitrogen and oxygen atoms in total. The van der Waals surface area contributed by atoms with E-state index in [1.807, 2.05) is 6.20 Å². The van der Waals surface area contributed by atoms with Gasteiger partial charge in [-0.1, -0.05) is 13.0 Å². The van der Waals surface area contributed by atoms with E-state index in [1.165, 1.54) is 43.4 Å². The number of fused-ring (bicyclic) bond motifs is 1. The van der Waals surface area contributed by atoms with Gasteiger partial charge in [0.15, 0.2) is 0 Å². The molecule has 21 heavy (non-hydrogen) atoms. The first-order valence-electron chi connectivity index (χ1n) is 8.60. The molecular formula is C18H28N2O. The van der Waals surface area contributed by atoms with E-state index in [0.717, 1.165) is 19.1 Å². The fraction of sp³-hybridized carbons (Fsp3) is 0.722. The van der Waals surface area contributed by atoms with Crippen molar-refractivity contribution in [2.75, 3.05) is 13.2 Å². The molecule has 3 heteroatoms. The van der Waals surface area contributed by atoms with Gasteiger partial charge in [-0.2, -0.15) is 0 Å². The van der Waals surface area contributed by atoms with Gasteiger partial charge in [0, 0.05) is 30.5 Å². The minimum Gasteiger partial charge on any atom is -0.378 e.